The lowest BCUT2D eigenvalue weighted by molar-refractivity contribution is -0.384. The normalized spacial score (nSPS) is 10.3. The van der Waals surface area contributed by atoms with Gasteiger partial charge in [-0.25, -0.2) is 18.4 Å². The van der Waals surface area contributed by atoms with Crippen LogP contribution in [0, 0.1) is 10.1 Å². The second-order valence-electron chi connectivity index (χ2n) is 3.83. The molecule has 20 heavy (non-hydrogen) atoms. The third-order valence-electron chi connectivity index (χ3n) is 2.11. The van der Waals surface area contributed by atoms with Gasteiger partial charge in [-0.1, -0.05) is 13.3 Å². The maximum Gasteiger partial charge on any atom is 0.335 e. The number of carboxylic acid groups (broad SMARTS) is 1. The zero-order valence-electron chi connectivity index (χ0n) is 10.9. The van der Waals surface area contributed by atoms with E-state index in [1.54, 1.807) is 0 Å². The average Bonchev–Trinajstić information content (AvgIpc) is 2.36. The van der Waals surface area contributed by atoms with Crippen LogP contribution < -0.4 is 5.14 Å². The molecular weight excluding hydrogens is 288 g/mol. The number of unbranched alkanes of at least 4 members (excludes halogenated alkanes) is 1. The van der Waals surface area contributed by atoms with Gasteiger partial charge in [0.25, 0.3) is 5.69 Å². The highest BCUT2D eigenvalue weighted by Gasteiger charge is 2.06. The smallest absolute Gasteiger partial charge is 0.335 e. The van der Waals surface area contributed by atoms with E-state index in [1.807, 2.05) is 6.92 Å². The molecule has 0 aliphatic rings. The molecule has 112 valence electrons. The Bertz CT molecular complexity index is 520. The minimum atomic E-state index is -3.19. The molecule has 0 saturated heterocycles. The zero-order valence-corrected chi connectivity index (χ0v) is 11.7. The first-order valence-electron chi connectivity index (χ1n) is 5.65. The summed E-state index contributed by atoms with van der Waals surface area (Å²) in [5.41, 5.74) is -0.0689. The van der Waals surface area contributed by atoms with Crippen molar-refractivity contribution in [3.05, 3.63) is 39.9 Å². The largest absolute Gasteiger partial charge is 0.478 e. The van der Waals surface area contributed by atoms with Crippen molar-refractivity contribution in [2.75, 3.05) is 5.75 Å². The highest BCUT2D eigenvalue weighted by molar-refractivity contribution is 7.89. The van der Waals surface area contributed by atoms with Crippen molar-refractivity contribution in [1.82, 2.24) is 0 Å². The average molecular weight is 304 g/mol. The number of benzene rings is 1. The second-order valence-corrected chi connectivity index (χ2v) is 5.56. The molecule has 0 unspecified atom stereocenters. The lowest BCUT2D eigenvalue weighted by Gasteiger charge is -1.92. The number of hydrogen-bond donors (Lipinski definition) is 2. The summed E-state index contributed by atoms with van der Waals surface area (Å²) in [7, 11) is -3.19. The Morgan fingerprint density at radius 2 is 1.85 bits per heavy atom. The monoisotopic (exact) mass is 304 g/mol. The van der Waals surface area contributed by atoms with E-state index in [0.29, 0.717) is 6.42 Å². The van der Waals surface area contributed by atoms with E-state index in [4.69, 9.17) is 10.2 Å². The van der Waals surface area contributed by atoms with Crippen LogP contribution in [-0.2, 0) is 10.0 Å². The standard InChI is InChI=1S/C7H5NO4.C4H11NO2S/c9-7(10)5-1-3-6(4-2-5)8(11)12;1-2-3-4-8(5,6)7/h1-4H,(H,9,10);2-4H2,1H3,(H2,5,6,7). The topological polar surface area (TPSA) is 141 Å². The molecule has 0 saturated carbocycles. The predicted molar refractivity (Wildman–Crippen MR) is 72.9 cm³/mol. The second kappa shape index (κ2) is 8.23. The first-order chi connectivity index (χ1) is 9.17. The summed E-state index contributed by atoms with van der Waals surface area (Å²) in [4.78, 5) is 19.9. The molecule has 0 heterocycles. The lowest BCUT2D eigenvalue weighted by Crippen LogP contribution is -2.15. The summed E-state index contributed by atoms with van der Waals surface area (Å²) in [6, 6.07) is 4.70. The number of carboxylic acids is 1. The predicted octanol–water partition coefficient (Wildman–Crippen LogP) is 1.37. The fraction of sp³-hybridized carbons (Fsp3) is 0.364. The van der Waals surface area contributed by atoms with Crippen LogP contribution in [0.1, 0.15) is 30.1 Å². The van der Waals surface area contributed by atoms with E-state index in [9.17, 15) is 23.3 Å². The van der Waals surface area contributed by atoms with E-state index in [2.05, 4.69) is 0 Å². The molecule has 8 nitrogen and oxygen atoms in total. The van der Waals surface area contributed by atoms with Crippen molar-refractivity contribution in [2.45, 2.75) is 19.8 Å². The number of rotatable bonds is 5. The van der Waals surface area contributed by atoms with Crippen LogP contribution in [0.3, 0.4) is 0 Å². The van der Waals surface area contributed by atoms with E-state index in [-0.39, 0.29) is 17.0 Å². The van der Waals surface area contributed by atoms with Gasteiger partial charge in [0.2, 0.25) is 10.0 Å². The van der Waals surface area contributed by atoms with Gasteiger partial charge in [0.15, 0.2) is 0 Å². The van der Waals surface area contributed by atoms with Crippen LogP contribution in [0.15, 0.2) is 24.3 Å². The fourth-order valence-electron chi connectivity index (χ4n) is 1.07. The van der Waals surface area contributed by atoms with Crippen molar-refractivity contribution in [3.8, 4) is 0 Å². The molecule has 0 spiro atoms. The number of carbonyl (C=O) groups is 1. The molecule has 0 fully saturated rings. The van der Waals surface area contributed by atoms with Crippen molar-refractivity contribution in [3.63, 3.8) is 0 Å². The number of hydrogen-bond acceptors (Lipinski definition) is 5. The Morgan fingerprint density at radius 3 is 2.10 bits per heavy atom. The Kier molecular flexibility index (Phi) is 7.40. The SMILES string of the molecule is CCCCS(N)(=O)=O.O=C(O)c1ccc([N+](=O)[O-])cc1. The quantitative estimate of drug-likeness (QED) is 0.621. The van der Waals surface area contributed by atoms with Crippen molar-refractivity contribution in [2.24, 2.45) is 5.14 Å². The van der Waals surface area contributed by atoms with Crippen molar-refractivity contribution in [1.29, 1.82) is 0 Å². The van der Waals surface area contributed by atoms with Crippen molar-refractivity contribution < 1.29 is 23.2 Å². The number of primary sulfonamides is 1. The molecule has 1 aromatic carbocycles. The molecule has 3 N–H and O–H groups in total. The Balaban J connectivity index is 0.000000396. The number of sulfonamides is 1. The zero-order chi connectivity index (χ0) is 15.8. The van der Waals surface area contributed by atoms with Gasteiger partial charge in [0, 0.05) is 12.1 Å². The Hall–Kier alpha value is -2.00. The summed E-state index contributed by atoms with van der Waals surface area (Å²) in [5, 5.41) is 23.3. The van der Waals surface area contributed by atoms with Gasteiger partial charge >= 0.3 is 5.97 Å². The van der Waals surface area contributed by atoms with Gasteiger partial charge in [0.05, 0.1) is 16.2 Å². The van der Waals surface area contributed by atoms with Gasteiger partial charge in [-0.3, -0.25) is 10.1 Å². The van der Waals surface area contributed by atoms with Gasteiger partial charge in [0.1, 0.15) is 0 Å². The van der Waals surface area contributed by atoms with Gasteiger partial charge in [-0.05, 0) is 18.6 Å². The summed E-state index contributed by atoms with van der Waals surface area (Å²) in [6.07, 6.45) is 1.54. The first kappa shape index (κ1) is 18.0. The van der Waals surface area contributed by atoms with E-state index < -0.39 is 20.9 Å². The van der Waals surface area contributed by atoms with Crippen LogP contribution in [0.2, 0.25) is 0 Å². The number of non-ortho nitro benzene ring substituents is 1. The third kappa shape index (κ3) is 8.16. The molecule has 0 aromatic heterocycles. The van der Waals surface area contributed by atoms with E-state index in [1.165, 1.54) is 12.1 Å². The van der Waals surface area contributed by atoms with Gasteiger partial charge in [-0.2, -0.15) is 0 Å². The van der Waals surface area contributed by atoms with Crippen LogP contribution in [0.5, 0.6) is 0 Å². The van der Waals surface area contributed by atoms with Crippen LogP contribution in [0.4, 0.5) is 5.69 Å². The molecule has 0 atom stereocenters. The molecule has 0 aliphatic carbocycles. The van der Waals surface area contributed by atoms with E-state index >= 15 is 0 Å². The summed E-state index contributed by atoms with van der Waals surface area (Å²) in [6.45, 7) is 1.92. The summed E-state index contributed by atoms with van der Waals surface area (Å²) < 4.78 is 20.3. The molecule has 0 aliphatic heterocycles. The maximum absolute atomic E-state index is 10.3. The maximum atomic E-state index is 10.3. The van der Waals surface area contributed by atoms with Crippen LogP contribution >= 0.6 is 0 Å². The molecule has 9 heteroatoms. The first-order valence-corrected chi connectivity index (χ1v) is 7.37. The third-order valence-corrected chi connectivity index (χ3v) is 2.97. The Morgan fingerprint density at radius 1 is 1.35 bits per heavy atom. The Labute approximate surface area is 116 Å². The lowest BCUT2D eigenvalue weighted by atomic mass is 10.2. The van der Waals surface area contributed by atoms with Crippen LogP contribution in [0.25, 0.3) is 0 Å². The number of nitro benzene ring substituents is 1. The molecule has 0 radical (unpaired) electrons. The molecule has 1 aromatic rings. The summed E-state index contributed by atoms with van der Waals surface area (Å²) in [5.74, 6) is -0.978. The van der Waals surface area contributed by atoms with Crippen LogP contribution in [-0.4, -0.2) is 30.2 Å². The highest BCUT2D eigenvalue weighted by Crippen LogP contribution is 2.11. The number of nitrogens with two attached hydrogens (primary N) is 1. The minimum absolute atomic E-state index is 0.0422. The molecule has 1 rings (SSSR count). The van der Waals surface area contributed by atoms with Crippen molar-refractivity contribution >= 4 is 21.7 Å². The molecular formula is C11H16N2O6S. The van der Waals surface area contributed by atoms with Gasteiger partial charge in [-0.15, -0.1) is 0 Å². The molecule has 0 bridgehead atoms. The number of aromatic carboxylic acids is 1. The fourth-order valence-corrected chi connectivity index (χ4v) is 1.76. The molecule has 0 amide bonds. The highest BCUT2D eigenvalue weighted by atomic mass is 32.2. The minimum Gasteiger partial charge on any atom is -0.478 e. The van der Waals surface area contributed by atoms with E-state index in [0.717, 1.165) is 18.6 Å². The number of nitro groups is 1. The summed E-state index contributed by atoms with van der Waals surface area (Å²) >= 11 is 0. The van der Waals surface area contributed by atoms with Gasteiger partial charge < -0.3 is 5.11 Å². The number of nitrogens with zero attached hydrogens (tertiary/aromatic N) is 1.